The predicted molar refractivity (Wildman–Crippen MR) is 110 cm³/mol. The van der Waals surface area contributed by atoms with Gasteiger partial charge in [0.05, 0.1) is 22.9 Å². The summed E-state index contributed by atoms with van der Waals surface area (Å²) in [5.74, 6) is -1.34. The van der Waals surface area contributed by atoms with Crippen molar-refractivity contribution in [2.75, 3.05) is 14.2 Å². The third kappa shape index (κ3) is 5.46. The van der Waals surface area contributed by atoms with Crippen LogP contribution in [0.5, 0.6) is 0 Å². The van der Waals surface area contributed by atoms with Crippen molar-refractivity contribution >= 4 is 40.6 Å². The second kappa shape index (κ2) is 10.2. The predicted octanol–water partition coefficient (Wildman–Crippen LogP) is 4.91. The molecule has 0 spiro atoms. The van der Waals surface area contributed by atoms with E-state index in [0.29, 0.717) is 22.4 Å². The molecule has 6 nitrogen and oxygen atoms in total. The number of oxime groups is 2. The van der Waals surface area contributed by atoms with Gasteiger partial charge in [-0.1, -0.05) is 51.7 Å². The van der Waals surface area contributed by atoms with Crippen LogP contribution in [0.1, 0.15) is 29.2 Å². The van der Waals surface area contributed by atoms with Crippen molar-refractivity contribution in [1.82, 2.24) is 0 Å². The maximum absolute atomic E-state index is 13.6. The summed E-state index contributed by atoms with van der Waals surface area (Å²) >= 11 is 11.6. The molecule has 0 radical (unpaired) electrons. The lowest BCUT2D eigenvalue weighted by Crippen LogP contribution is -2.20. The molecule has 0 saturated carbocycles. The second-order valence-corrected chi connectivity index (χ2v) is 6.73. The van der Waals surface area contributed by atoms with Crippen LogP contribution in [0.25, 0.3) is 0 Å². The van der Waals surface area contributed by atoms with Crippen LogP contribution in [-0.4, -0.2) is 31.6 Å². The molecule has 2 rings (SSSR count). The van der Waals surface area contributed by atoms with E-state index >= 15 is 0 Å². The van der Waals surface area contributed by atoms with Crippen LogP contribution in [0.2, 0.25) is 10.0 Å². The van der Waals surface area contributed by atoms with E-state index in [0.717, 1.165) is 5.56 Å². The monoisotopic (exact) mass is 440 g/mol. The molecule has 0 aliphatic carbocycles. The normalized spacial score (nSPS) is 12.0. The fourth-order valence-electron chi connectivity index (χ4n) is 2.51. The van der Waals surface area contributed by atoms with Gasteiger partial charge in [-0.15, -0.1) is 0 Å². The Labute approximate surface area is 177 Å². The highest BCUT2D eigenvalue weighted by molar-refractivity contribution is 6.43. The van der Waals surface area contributed by atoms with E-state index in [1.54, 1.807) is 19.1 Å². The number of methoxy groups -OCH3 is 1. The molecule has 0 aliphatic heterocycles. The van der Waals surface area contributed by atoms with Crippen molar-refractivity contribution < 1.29 is 23.6 Å². The Hall–Kier alpha value is -2.64. The van der Waals surface area contributed by atoms with Crippen LogP contribution in [0.3, 0.4) is 0 Å². The number of hydrogen-bond donors (Lipinski definition) is 0. The molecule has 0 heterocycles. The Balaban J connectivity index is 2.30. The van der Waals surface area contributed by atoms with Crippen LogP contribution in [0.4, 0.5) is 4.39 Å². The molecule has 0 fully saturated rings. The van der Waals surface area contributed by atoms with E-state index < -0.39 is 11.8 Å². The molecule has 0 N–H and O–H groups in total. The summed E-state index contributed by atoms with van der Waals surface area (Å²) in [7, 11) is 2.59. The number of nitrogens with zero attached hydrogens (tertiary/aromatic N) is 2. The Bertz CT molecular complexity index is 954. The Morgan fingerprint density at radius 1 is 1.14 bits per heavy atom. The number of rotatable bonds is 7. The minimum atomic E-state index is -0.692. The molecule has 0 atom stereocenters. The van der Waals surface area contributed by atoms with Crippen LogP contribution >= 0.6 is 23.2 Å². The lowest BCUT2D eigenvalue weighted by Gasteiger charge is -2.12. The van der Waals surface area contributed by atoms with E-state index in [9.17, 15) is 9.18 Å². The number of halogens is 3. The zero-order valence-corrected chi connectivity index (χ0v) is 17.8. The third-order valence-corrected chi connectivity index (χ3v) is 4.59. The van der Waals surface area contributed by atoms with Crippen molar-refractivity contribution in [3.63, 3.8) is 0 Å². The first-order valence-corrected chi connectivity index (χ1v) is 9.15. The summed E-state index contributed by atoms with van der Waals surface area (Å²) in [6.07, 6.45) is 0. The highest BCUT2D eigenvalue weighted by Crippen LogP contribution is 2.25. The van der Waals surface area contributed by atoms with Gasteiger partial charge in [0.1, 0.15) is 13.7 Å². The molecule has 0 amide bonds. The van der Waals surface area contributed by atoms with Crippen molar-refractivity contribution in [2.24, 2.45) is 10.3 Å². The van der Waals surface area contributed by atoms with Crippen LogP contribution < -0.4 is 0 Å². The van der Waals surface area contributed by atoms with E-state index in [4.69, 9.17) is 37.6 Å². The lowest BCUT2D eigenvalue weighted by atomic mass is 9.99. The number of esters is 1. The van der Waals surface area contributed by atoms with Gasteiger partial charge in [-0.05, 0) is 31.5 Å². The fourth-order valence-corrected chi connectivity index (χ4v) is 3.00. The first kappa shape index (κ1) is 22.6. The van der Waals surface area contributed by atoms with Crippen molar-refractivity contribution in [1.29, 1.82) is 0 Å². The van der Waals surface area contributed by atoms with Gasteiger partial charge in [0.2, 0.25) is 0 Å². The minimum Gasteiger partial charge on any atom is -0.464 e. The molecule has 154 valence electrons. The average molecular weight is 441 g/mol. The van der Waals surface area contributed by atoms with Crippen LogP contribution in [-0.2, 0) is 25.8 Å². The first-order chi connectivity index (χ1) is 13.8. The van der Waals surface area contributed by atoms with Gasteiger partial charge >= 0.3 is 5.97 Å². The maximum atomic E-state index is 13.6. The number of carbonyl (C=O) groups is 1. The molecule has 0 unspecified atom stereocenters. The van der Waals surface area contributed by atoms with E-state index in [1.165, 1.54) is 26.4 Å². The quantitative estimate of drug-likeness (QED) is 0.265. The second-order valence-electron chi connectivity index (χ2n) is 5.92. The largest absolute Gasteiger partial charge is 0.464 e. The highest BCUT2D eigenvalue weighted by Gasteiger charge is 2.20. The van der Waals surface area contributed by atoms with Gasteiger partial charge in [0, 0.05) is 16.7 Å². The highest BCUT2D eigenvalue weighted by atomic mass is 35.5. The van der Waals surface area contributed by atoms with Gasteiger partial charge in [0.25, 0.3) is 0 Å². The number of hydrogen-bond acceptors (Lipinski definition) is 6. The van der Waals surface area contributed by atoms with Crippen LogP contribution in [0, 0.1) is 12.7 Å². The lowest BCUT2D eigenvalue weighted by molar-refractivity contribution is -0.132. The summed E-state index contributed by atoms with van der Waals surface area (Å²) in [5.41, 5.74) is 3.01. The molecule has 0 aliphatic rings. The SMILES string of the molecule is CO/N=C(/C(=O)OC)c1cccc(C)c1CO/N=C(\C)c1cc(Cl)c(F)c(Cl)c1. The van der Waals surface area contributed by atoms with Gasteiger partial charge in [-0.2, -0.15) is 0 Å². The Morgan fingerprint density at radius 3 is 2.38 bits per heavy atom. The molecule has 0 bridgehead atoms. The summed E-state index contributed by atoms with van der Waals surface area (Å²) in [6, 6.07) is 8.16. The van der Waals surface area contributed by atoms with Crippen LogP contribution in [0.15, 0.2) is 40.6 Å². The molecule has 2 aromatic rings. The zero-order chi connectivity index (χ0) is 21.6. The molecule has 2 aromatic carbocycles. The standard InChI is InChI=1S/C20H19Cl2FN2O4/c1-11-6-5-7-14(19(25-28-4)20(26)27-3)15(11)10-29-24-12(2)13-8-16(21)18(23)17(22)9-13/h5-9H,10H2,1-4H3/b24-12+,25-19+. The van der Waals surface area contributed by atoms with E-state index in [-0.39, 0.29) is 22.4 Å². The number of carbonyl (C=O) groups excluding carboxylic acids is 1. The molecule has 0 aromatic heterocycles. The number of aryl methyl sites for hydroxylation is 1. The molecule has 0 saturated heterocycles. The first-order valence-electron chi connectivity index (χ1n) is 8.39. The Morgan fingerprint density at radius 2 is 1.79 bits per heavy atom. The third-order valence-electron chi connectivity index (χ3n) is 4.04. The molecular weight excluding hydrogens is 422 g/mol. The molecule has 29 heavy (non-hydrogen) atoms. The van der Waals surface area contributed by atoms with Crippen molar-refractivity contribution in [3.8, 4) is 0 Å². The number of ether oxygens (including phenoxy) is 1. The average Bonchev–Trinajstić information content (AvgIpc) is 2.70. The summed E-state index contributed by atoms with van der Waals surface area (Å²) < 4.78 is 18.3. The fraction of sp³-hybridized carbons (Fsp3) is 0.250. The topological polar surface area (TPSA) is 69.5 Å². The van der Waals surface area contributed by atoms with Gasteiger partial charge in [-0.25, -0.2) is 9.18 Å². The van der Waals surface area contributed by atoms with Gasteiger partial charge in [-0.3, -0.25) is 0 Å². The van der Waals surface area contributed by atoms with E-state index in [2.05, 4.69) is 10.3 Å². The van der Waals surface area contributed by atoms with E-state index in [1.807, 2.05) is 13.0 Å². The summed E-state index contributed by atoms with van der Waals surface area (Å²) in [5, 5.41) is 7.60. The summed E-state index contributed by atoms with van der Waals surface area (Å²) in [6.45, 7) is 3.58. The van der Waals surface area contributed by atoms with Gasteiger partial charge < -0.3 is 14.4 Å². The summed E-state index contributed by atoms with van der Waals surface area (Å²) in [4.78, 5) is 22.3. The number of benzene rings is 2. The molecule has 9 heteroatoms. The van der Waals surface area contributed by atoms with Gasteiger partial charge in [0.15, 0.2) is 11.5 Å². The molecular formula is C20H19Cl2FN2O4. The van der Waals surface area contributed by atoms with Crippen molar-refractivity contribution in [3.05, 3.63) is 68.4 Å². The van der Waals surface area contributed by atoms with Crippen molar-refractivity contribution in [2.45, 2.75) is 20.5 Å². The minimum absolute atomic E-state index is 0.00935. The smallest absolute Gasteiger partial charge is 0.360 e. The maximum Gasteiger partial charge on any atom is 0.360 e. The Kier molecular flexibility index (Phi) is 7.99. The zero-order valence-electron chi connectivity index (χ0n) is 16.3.